The first-order valence-corrected chi connectivity index (χ1v) is 10.3. The summed E-state index contributed by atoms with van der Waals surface area (Å²) in [5, 5.41) is 5.47. The van der Waals surface area contributed by atoms with Crippen LogP contribution >= 0.6 is 0 Å². The molecule has 2 aromatic rings. The van der Waals surface area contributed by atoms with E-state index in [2.05, 4.69) is 10.6 Å². The number of fused-ring (bicyclic) bond motifs is 1. The predicted molar refractivity (Wildman–Crippen MR) is 112 cm³/mol. The van der Waals surface area contributed by atoms with Gasteiger partial charge in [-0.3, -0.25) is 4.79 Å². The summed E-state index contributed by atoms with van der Waals surface area (Å²) in [6.07, 6.45) is 2.53. The number of ether oxygens (including phenoxy) is 1. The number of likely N-dealkylation sites (tertiary alicyclic amines) is 1. The minimum atomic E-state index is -0.387. The maximum atomic E-state index is 13.4. The summed E-state index contributed by atoms with van der Waals surface area (Å²) in [4.78, 5) is 26.4. The molecule has 2 heterocycles. The van der Waals surface area contributed by atoms with Crippen LogP contribution in [0.3, 0.4) is 0 Å². The lowest BCUT2D eigenvalue weighted by atomic mass is 9.76. The van der Waals surface area contributed by atoms with E-state index in [0.717, 1.165) is 17.7 Å². The fourth-order valence-electron chi connectivity index (χ4n) is 4.44. The molecule has 7 heteroatoms. The van der Waals surface area contributed by atoms with Crippen molar-refractivity contribution < 1.29 is 18.7 Å². The lowest BCUT2D eigenvalue weighted by Crippen LogP contribution is -2.52. The number of amides is 3. The summed E-state index contributed by atoms with van der Waals surface area (Å²) in [6.45, 7) is 1.08. The molecule has 1 unspecified atom stereocenters. The average molecular weight is 411 g/mol. The van der Waals surface area contributed by atoms with E-state index in [4.69, 9.17) is 4.74 Å². The molecule has 0 radical (unpaired) electrons. The molecular weight excluding hydrogens is 385 g/mol. The quantitative estimate of drug-likeness (QED) is 0.805. The highest BCUT2D eigenvalue weighted by atomic mass is 19.1. The van der Waals surface area contributed by atoms with Crippen molar-refractivity contribution in [1.29, 1.82) is 0 Å². The third-order valence-corrected chi connectivity index (χ3v) is 6.05. The molecule has 0 aromatic heterocycles. The second-order valence-corrected chi connectivity index (χ2v) is 8.03. The van der Waals surface area contributed by atoms with Crippen molar-refractivity contribution in [2.24, 2.45) is 0 Å². The zero-order chi connectivity index (χ0) is 21.1. The summed E-state index contributed by atoms with van der Waals surface area (Å²) in [6, 6.07) is 13.5. The number of carbonyl (C=O) groups excluding carboxylic acids is 2. The number of rotatable bonds is 3. The van der Waals surface area contributed by atoms with Crippen LogP contribution in [0, 0.1) is 5.82 Å². The smallest absolute Gasteiger partial charge is 0.321 e. The highest BCUT2D eigenvalue weighted by Gasteiger charge is 2.44. The molecule has 30 heavy (non-hydrogen) atoms. The molecule has 1 spiro atoms. The number of hydrogen-bond donors (Lipinski definition) is 2. The van der Waals surface area contributed by atoms with E-state index in [1.807, 2.05) is 24.3 Å². The van der Waals surface area contributed by atoms with Crippen molar-refractivity contribution in [3.63, 3.8) is 0 Å². The molecule has 4 rings (SSSR count). The summed E-state index contributed by atoms with van der Waals surface area (Å²) < 4.78 is 19.8. The Morgan fingerprint density at radius 3 is 2.67 bits per heavy atom. The minimum absolute atomic E-state index is 0.0127. The van der Waals surface area contributed by atoms with Crippen molar-refractivity contribution in [3.8, 4) is 5.75 Å². The molecule has 1 fully saturated rings. The molecule has 6 nitrogen and oxygen atoms in total. The molecule has 2 N–H and O–H groups in total. The normalized spacial score (nSPS) is 19.5. The molecule has 1 saturated heterocycles. The first-order valence-electron chi connectivity index (χ1n) is 10.3. The second kappa shape index (κ2) is 8.34. The van der Waals surface area contributed by atoms with E-state index in [-0.39, 0.29) is 29.3 Å². The van der Waals surface area contributed by atoms with Crippen LogP contribution in [0.15, 0.2) is 48.5 Å². The number of halogens is 1. The number of anilines is 1. The zero-order valence-electron chi connectivity index (χ0n) is 17.0. The van der Waals surface area contributed by atoms with Crippen LogP contribution in [0.5, 0.6) is 5.75 Å². The van der Waals surface area contributed by atoms with Crippen LogP contribution < -0.4 is 15.4 Å². The van der Waals surface area contributed by atoms with E-state index in [9.17, 15) is 14.0 Å². The number of urea groups is 1. The minimum Gasteiger partial charge on any atom is -0.487 e. The van der Waals surface area contributed by atoms with Crippen LogP contribution in [0.4, 0.5) is 14.9 Å². The predicted octanol–water partition coefficient (Wildman–Crippen LogP) is 3.89. The summed E-state index contributed by atoms with van der Waals surface area (Å²) >= 11 is 0. The molecule has 0 bridgehead atoms. The maximum Gasteiger partial charge on any atom is 0.321 e. The van der Waals surface area contributed by atoms with Gasteiger partial charge in [0.15, 0.2) is 0 Å². The number of hydrogen-bond acceptors (Lipinski definition) is 3. The van der Waals surface area contributed by atoms with Crippen molar-refractivity contribution in [3.05, 3.63) is 59.9 Å². The Morgan fingerprint density at radius 1 is 1.17 bits per heavy atom. The van der Waals surface area contributed by atoms with Crippen molar-refractivity contribution in [1.82, 2.24) is 10.2 Å². The number of piperidine rings is 1. The Morgan fingerprint density at radius 2 is 1.93 bits per heavy atom. The number of nitrogens with one attached hydrogen (secondary N) is 2. The highest BCUT2D eigenvalue weighted by Crippen LogP contribution is 2.46. The first-order chi connectivity index (χ1) is 14.5. The van der Waals surface area contributed by atoms with E-state index in [1.54, 1.807) is 24.1 Å². The monoisotopic (exact) mass is 411 g/mol. The fourth-order valence-corrected chi connectivity index (χ4v) is 4.44. The number of benzene rings is 2. The van der Waals surface area contributed by atoms with E-state index < -0.39 is 0 Å². The van der Waals surface area contributed by atoms with Crippen LogP contribution in [0.2, 0.25) is 0 Å². The van der Waals surface area contributed by atoms with Gasteiger partial charge < -0.3 is 20.3 Å². The number of nitrogens with zero attached hydrogens (tertiary/aromatic N) is 1. The van der Waals surface area contributed by atoms with Gasteiger partial charge in [0.1, 0.15) is 17.2 Å². The summed E-state index contributed by atoms with van der Waals surface area (Å²) in [5.74, 6) is 0.540. The van der Waals surface area contributed by atoms with Gasteiger partial charge in [0.05, 0.1) is 0 Å². The first kappa shape index (κ1) is 20.2. The molecule has 3 amide bonds. The fraction of sp³-hybridized carbons (Fsp3) is 0.391. The average Bonchev–Trinajstić information content (AvgIpc) is 2.74. The molecule has 158 valence electrons. The molecule has 2 aromatic carbocycles. The van der Waals surface area contributed by atoms with Crippen LogP contribution in [0.25, 0.3) is 0 Å². The Labute approximate surface area is 175 Å². The van der Waals surface area contributed by atoms with Gasteiger partial charge in [-0.25, -0.2) is 9.18 Å². The van der Waals surface area contributed by atoms with E-state index in [0.29, 0.717) is 38.0 Å². The number of para-hydroxylation sites is 1. The Hall–Kier alpha value is -3.09. The van der Waals surface area contributed by atoms with Crippen molar-refractivity contribution in [2.45, 2.75) is 37.2 Å². The van der Waals surface area contributed by atoms with Crippen molar-refractivity contribution >= 4 is 17.6 Å². The molecule has 0 aliphatic carbocycles. The Kier molecular flexibility index (Phi) is 5.61. The summed E-state index contributed by atoms with van der Waals surface area (Å²) in [7, 11) is 1.65. The Balaban J connectivity index is 1.44. The lowest BCUT2D eigenvalue weighted by molar-refractivity contribution is -0.121. The third-order valence-electron chi connectivity index (χ3n) is 6.05. The van der Waals surface area contributed by atoms with E-state index in [1.165, 1.54) is 12.1 Å². The SMILES string of the molecule is CNC(=O)CC1CC2(CCN(C(=O)Nc3cccc(F)c3)CC2)Oc2ccccc21. The van der Waals surface area contributed by atoms with Gasteiger partial charge in [0.25, 0.3) is 0 Å². The van der Waals surface area contributed by atoms with Gasteiger partial charge in [-0.1, -0.05) is 24.3 Å². The molecule has 2 aliphatic heterocycles. The highest BCUT2D eigenvalue weighted by molar-refractivity contribution is 5.89. The molecule has 0 saturated carbocycles. The molecule has 1 atom stereocenters. The standard InChI is InChI=1S/C23H26FN3O3/c1-25-21(28)13-16-15-23(30-20-8-3-2-7-19(16)20)9-11-27(12-10-23)22(29)26-18-6-4-5-17(24)14-18/h2-8,14,16H,9-13,15H2,1H3,(H,25,28)(H,26,29). The third kappa shape index (κ3) is 4.25. The molecule has 2 aliphatic rings. The van der Waals surface area contributed by atoms with Gasteiger partial charge in [0, 0.05) is 51.0 Å². The van der Waals surface area contributed by atoms with Gasteiger partial charge in [-0.05, 0) is 36.2 Å². The second-order valence-electron chi connectivity index (χ2n) is 8.03. The Bertz CT molecular complexity index is 941. The van der Waals surface area contributed by atoms with Crippen molar-refractivity contribution in [2.75, 3.05) is 25.5 Å². The van der Waals surface area contributed by atoms with Crippen LogP contribution in [-0.2, 0) is 4.79 Å². The zero-order valence-corrected chi connectivity index (χ0v) is 17.0. The topological polar surface area (TPSA) is 70.7 Å². The van der Waals surface area contributed by atoms with Crippen LogP contribution in [-0.4, -0.2) is 42.6 Å². The lowest BCUT2D eigenvalue weighted by Gasteiger charge is -2.46. The van der Waals surface area contributed by atoms with E-state index >= 15 is 0 Å². The van der Waals surface area contributed by atoms with Gasteiger partial charge >= 0.3 is 6.03 Å². The van der Waals surface area contributed by atoms with Crippen LogP contribution in [0.1, 0.15) is 37.2 Å². The number of carbonyl (C=O) groups is 2. The van der Waals surface area contributed by atoms with Gasteiger partial charge in [-0.2, -0.15) is 0 Å². The molecular formula is C23H26FN3O3. The van der Waals surface area contributed by atoms with Gasteiger partial charge in [-0.15, -0.1) is 0 Å². The largest absolute Gasteiger partial charge is 0.487 e. The summed E-state index contributed by atoms with van der Waals surface area (Å²) in [5.41, 5.74) is 1.12. The maximum absolute atomic E-state index is 13.4. The van der Waals surface area contributed by atoms with Gasteiger partial charge in [0.2, 0.25) is 5.91 Å².